The second-order valence-corrected chi connectivity index (χ2v) is 7.21. The predicted molar refractivity (Wildman–Crippen MR) is 105 cm³/mol. The van der Waals surface area contributed by atoms with Gasteiger partial charge in [0.25, 0.3) is 16.8 Å². The van der Waals surface area contributed by atoms with E-state index in [2.05, 4.69) is 0 Å². The van der Waals surface area contributed by atoms with E-state index in [0.717, 1.165) is 11.8 Å². The number of hydrogen-bond donors (Lipinski definition) is 0. The second kappa shape index (κ2) is 8.59. The molecule has 1 aromatic heterocycles. The highest BCUT2D eigenvalue weighted by Crippen LogP contribution is 2.34. The average Bonchev–Trinajstić information content (AvgIpc) is 3.22. The minimum atomic E-state index is -0.574. The number of furan rings is 1. The van der Waals surface area contributed by atoms with Crippen molar-refractivity contribution < 1.29 is 23.7 Å². The zero-order valence-corrected chi connectivity index (χ0v) is 16.3. The Morgan fingerprint density at radius 3 is 2.82 bits per heavy atom. The molecule has 2 heterocycles. The molecule has 1 fully saturated rings. The smallest absolute Gasteiger partial charge is 0.293 e. The fourth-order valence-corrected chi connectivity index (χ4v) is 3.61. The van der Waals surface area contributed by atoms with Gasteiger partial charge in [0.1, 0.15) is 16.5 Å². The topological polar surface area (TPSA) is 103 Å². The Bertz CT molecular complexity index is 971. The SMILES string of the molecule is COCCCN1C(=O)S/C(=C\c2ccc(-c3ccc(Cl)c([N+](=O)[O-])c3)o2)C1=O. The molecule has 1 aliphatic heterocycles. The molecule has 0 radical (unpaired) electrons. The first kappa shape index (κ1) is 20.1. The van der Waals surface area contributed by atoms with Crippen molar-refractivity contribution in [3.63, 3.8) is 0 Å². The van der Waals surface area contributed by atoms with E-state index in [1.165, 1.54) is 23.1 Å². The van der Waals surface area contributed by atoms with Crippen LogP contribution in [-0.2, 0) is 9.53 Å². The van der Waals surface area contributed by atoms with Crippen LogP contribution in [0.15, 0.2) is 39.7 Å². The van der Waals surface area contributed by atoms with Gasteiger partial charge in [-0.15, -0.1) is 0 Å². The second-order valence-electron chi connectivity index (χ2n) is 5.81. The minimum Gasteiger partial charge on any atom is -0.457 e. The summed E-state index contributed by atoms with van der Waals surface area (Å²) in [5.74, 6) is 0.353. The van der Waals surface area contributed by atoms with E-state index in [4.69, 9.17) is 20.8 Å². The number of benzene rings is 1. The van der Waals surface area contributed by atoms with Gasteiger partial charge >= 0.3 is 0 Å². The molecule has 0 aliphatic carbocycles. The van der Waals surface area contributed by atoms with Crippen LogP contribution < -0.4 is 0 Å². The van der Waals surface area contributed by atoms with Crippen LogP contribution in [0.2, 0.25) is 5.02 Å². The lowest BCUT2D eigenvalue weighted by molar-refractivity contribution is -0.384. The maximum Gasteiger partial charge on any atom is 0.293 e. The summed E-state index contributed by atoms with van der Waals surface area (Å²) in [5.41, 5.74) is 0.248. The summed E-state index contributed by atoms with van der Waals surface area (Å²) >= 11 is 6.66. The van der Waals surface area contributed by atoms with Gasteiger partial charge in [0, 0.05) is 38.0 Å². The first-order valence-electron chi connectivity index (χ1n) is 8.19. The van der Waals surface area contributed by atoms with Gasteiger partial charge in [0.15, 0.2) is 0 Å². The largest absolute Gasteiger partial charge is 0.457 e. The molecule has 1 aliphatic rings. The molecule has 2 aromatic rings. The number of ether oxygens (including phenoxy) is 1. The number of amides is 2. The van der Waals surface area contributed by atoms with Crippen LogP contribution in [0.25, 0.3) is 17.4 Å². The summed E-state index contributed by atoms with van der Waals surface area (Å²) in [6.45, 7) is 0.739. The molecule has 1 saturated heterocycles. The summed E-state index contributed by atoms with van der Waals surface area (Å²) in [4.78, 5) is 36.3. The standard InChI is InChI=1S/C18H15ClN2O6S/c1-26-8-2-7-20-17(22)16(28-18(20)23)10-12-4-6-15(27-12)11-3-5-13(19)14(9-11)21(24)25/h3-6,9-10H,2,7-8H2,1H3/b16-10-. The highest BCUT2D eigenvalue weighted by Gasteiger charge is 2.34. The molecule has 146 valence electrons. The summed E-state index contributed by atoms with van der Waals surface area (Å²) in [5, 5.41) is 10.7. The fourth-order valence-electron chi connectivity index (χ4n) is 2.58. The van der Waals surface area contributed by atoms with Crippen molar-refractivity contribution >= 4 is 46.3 Å². The van der Waals surface area contributed by atoms with Crippen LogP contribution in [0.5, 0.6) is 0 Å². The molecule has 0 bridgehead atoms. The zero-order chi connectivity index (χ0) is 20.3. The number of hydrogen-bond acceptors (Lipinski definition) is 7. The Labute approximate surface area is 169 Å². The lowest BCUT2D eigenvalue weighted by Crippen LogP contribution is -2.29. The van der Waals surface area contributed by atoms with E-state index in [9.17, 15) is 19.7 Å². The van der Waals surface area contributed by atoms with Crippen LogP contribution >= 0.6 is 23.4 Å². The Kier molecular flexibility index (Phi) is 6.18. The van der Waals surface area contributed by atoms with E-state index in [1.54, 1.807) is 25.3 Å². The number of thioether (sulfide) groups is 1. The first-order chi connectivity index (χ1) is 13.4. The van der Waals surface area contributed by atoms with Crippen LogP contribution in [0.3, 0.4) is 0 Å². The normalized spacial score (nSPS) is 15.6. The van der Waals surface area contributed by atoms with Crippen LogP contribution in [-0.4, -0.2) is 41.2 Å². The van der Waals surface area contributed by atoms with Gasteiger partial charge < -0.3 is 9.15 Å². The third-order valence-corrected chi connectivity index (χ3v) is 5.16. The fraction of sp³-hybridized carbons (Fsp3) is 0.222. The highest BCUT2D eigenvalue weighted by atomic mass is 35.5. The third-order valence-electron chi connectivity index (χ3n) is 3.93. The van der Waals surface area contributed by atoms with Crippen molar-refractivity contribution in [2.24, 2.45) is 0 Å². The number of halogens is 1. The molecule has 0 N–H and O–H groups in total. The summed E-state index contributed by atoms with van der Waals surface area (Å²) in [7, 11) is 1.55. The van der Waals surface area contributed by atoms with Crippen LogP contribution in [0, 0.1) is 10.1 Å². The number of carbonyl (C=O) groups is 2. The van der Waals surface area contributed by atoms with Crippen molar-refractivity contribution in [3.05, 3.63) is 56.1 Å². The van der Waals surface area contributed by atoms with Crippen molar-refractivity contribution in [1.82, 2.24) is 4.90 Å². The first-order valence-corrected chi connectivity index (χ1v) is 9.38. The van der Waals surface area contributed by atoms with Crippen molar-refractivity contribution in [1.29, 1.82) is 0 Å². The summed E-state index contributed by atoms with van der Waals surface area (Å²) < 4.78 is 10.6. The molecule has 28 heavy (non-hydrogen) atoms. The molecule has 0 atom stereocenters. The molecular weight excluding hydrogens is 408 g/mol. The van der Waals surface area contributed by atoms with Crippen molar-refractivity contribution in [2.45, 2.75) is 6.42 Å². The van der Waals surface area contributed by atoms with E-state index in [0.29, 0.717) is 30.1 Å². The Morgan fingerprint density at radius 2 is 2.11 bits per heavy atom. The Balaban J connectivity index is 1.79. The monoisotopic (exact) mass is 422 g/mol. The summed E-state index contributed by atoms with van der Waals surface area (Å²) in [6, 6.07) is 7.58. The molecule has 0 spiro atoms. The quantitative estimate of drug-likeness (QED) is 0.278. The molecule has 3 rings (SSSR count). The maximum atomic E-state index is 12.4. The number of methoxy groups -OCH3 is 1. The van der Waals surface area contributed by atoms with Gasteiger partial charge in [-0.3, -0.25) is 24.6 Å². The lowest BCUT2D eigenvalue weighted by atomic mass is 10.1. The van der Waals surface area contributed by atoms with E-state index in [1.807, 2.05) is 0 Å². The van der Waals surface area contributed by atoms with E-state index < -0.39 is 4.92 Å². The number of nitro groups is 1. The average molecular weight is 423 g/mol. The Morgan fingerprint density at radius 1 is 1.32 bits per heavy atom. The number of imide groups is 1. The molecule has 0 saturated carbocycles. The maximum absolute atomic E-state index is 12.4. The molecule has 10 heteroatoms. The van der Waals surface area contributed by atoms with Crippen molar-refractivity contribution in [2.75, 3.05) is 20.3 Å². The third kappa shape index (κ3) is 4.27. The lowest BCUT2D eigenvalue weighted by Gasteiger charge is -2.11. The number of carbonyl (C=O) groups excluding carboxylic acids is 2. The number of rotatable bonds is 7. The van der Waals surface area contributed by atoms with Crippen LogP contribution in [0.4, 0.5) is 10.5 Å². The zero-order valence-electron chi connectivity index (χ0n) is 14.7. The minimum absolute atomic E-state index is 0.0303. The number of nitro benzene ring substituents is 1. The molecule has 0 unspecified atom stereocenters. The molecule has 2 amide bonds. The summed E-state index contributed by atoms with van der Waals surface area (Å²) in [6.07, 6.45) is 2.04. The molecule has 1 aromatic carbocycles. The van der Waals surface area contributed by atoms with Gasteiger partial charge in [-0.25, -0.2) is 0 Å². The number of nitrogens with zero attached hydrogens (tertiary/aromatic N) is 2. The van der Waals surface area contributed by atoms with Gasteiger partial charge in [-0.1, -0.05) is 11.6 Å². The van der Waals surface area contributed by atoms with Gasteiger partial charge in [0.2, 0.25) is 0 Å². The Hall–Kier alpha value is -2.62. The molecule has 8 nitrogen and oxygen atoms in total. The molecular formula is C18H15ClN2O6S. The van der Waals surface area contributed by atoms with Gasteiger partial charge in [-0.2, -0.15) is 0 Å². The van der Waals surface area contributed by atoms with Crippen molar-refractivity contribution in [3.8, 4) is 11.3 Å². The predicted octanol–water partition coefficient (Wildman–Crippen LogP) is 4.58. The van der Waals surface area contributed by atoms with Gasteiger partial charge in [0.05, 0.1) is 9.83 Å². The van der Waals surface area contributed by atoms with E-state index >= 15 is 0 Å². The highest BCUT2D eigenvalue weighted by molar-refractivity contribution is 8.18. The van der Waals surface area contributed by atoms with Crippen LogP contribution in [0.1, 0.15) is 12.2 Å². The van der Waals surface area contributed by atoms with Gasteiger partial charge in [-0.05, 0) is 42.4 Å². The van der Waals surface area contributed by atoms with E-state index in [-0.39, 0.29) is 33.3 Å².